The number of carboxylic acid groups (broad SMARTS) is 1. The molecular formula is C10H16N2O4. The van der Waals surface area contributed by atoms with Crippen molar-refractivity contribution in [1.82, 2.24) is 10.6 Å². The van der Waals surface area contributed by atoms with E-state index in [0.717, 1.165) is 0 Å². The van der Waals surface area contributed by atoms with Crippen LogP contribution in [0.5, 0.6) is 0 Å². The topological polar surface area (TPSA) is 95.5 Å². The number of carbonyl (C=O) groups excluding carboxylic acids is 2. The van der Waals surface area contributed by atoms with Crippen molar-refractivity contribution in [3.05, 3.63) is 0 Å². The van der Waals surface area contributed by atoms with E-state index in [1.165, 1.54) is 0 Å². The van der Waals surface area contributed by atoms with Crippen molar-refractivity contribution in [2.75, 3.05) is 6.54 Å². The van der Waals surface area contributed by atoms with Gasteiger partial charge in [-0.3, -0.25) is 14.4 Å². The van der Waals surface area contributed by atoms with E-state index in [1.807, 2.05) is 0 Å². The van der Waals surface area contributed by atoms with E-state index in [4.69, 9.17) is 5.11 Å². The highest BCUT2D eigenvalue weighted by molar-refractivity contribution is 5.90. The second-order valence-electron chi connectivity index (χ2n) is 3.85. The molecule has 1 aliphatic rings. The molecule has 1 fully saturated rings. The molecule has 1 rings (SSSR count). The molecule has 0 aromatic heterocycles. The van der Waals surface area contributed by atoms with Crippen LogP contribution in [0, 0.1) is 5.92 Å². The van der Waals surface area contributed by atoms with E-state index < -0.39 is 17.9 Å². The lowest BCUT2D eigenvalue weighted by Crippen LogP contribution is -2.44. The number of nitrogens with one attached hydrogen (secondary N) is 2. The largest absolute Gasteiger partial charge is 0.481 e. The summed E-state index contributed by atoms with van der Waals surface area (Å²) in [5.41, 5.74) is 0. The molecule has 2 amide bonds. The maximum Gasteiger partial charge on any atom is 0.308 e. The van der Waals surface area contributed by atoms with Crippen LogP contribution in [-0.2, 0) is 14.4 Å². The van der Waals surface area contributed by atoms with Crippen LogP contribution in [0.25, 0.3) is 0 Å². The SMILES string of the molecule is CCC(CNC(=O)[C@H]1CCC(=O)N1)C(=O)O. The van der Waals surface area contributed by atoms with Gasteiger partial charge in [0.05, 0.1) is 5.92 Å². The number of aliphatic carboxylic acids is 1. The highest BCUT2D eigenvalue weighted by atomic mass is 16.4. The van der Waals surface area contributed by atoms with Gasteiger partial charge < -0.3 is 15.7 Å². The predicted molar refractivity (Wildman–Crippen MR) is 55.6 cm³/mol. The van der Waals surface area contributed by atoms with Crippen molar-refractivity contribution in [2.24, 2.45) is 5.92 Å². The molecule has 16 heavy (non-hydrogen) atoms. The third-order valence-electron chi connectivity index (χ3n) is 2.68. The Bertz CT molecular complexity index is 303. The molecule has 1 heterocycles. The molecule has 2 atom stereocenters. The zero-order valence-electron chi connectivity index (χ0n) is 9.16. The molecule has 0 radical (unpaired) electrons. The van der Waals surface area contributed by atoms with E-state index in [-0.39, 0.29) is 18.4 Å². The molecule has 1 unspecified atom stereocenters. The number of hydrogen-bond acceptors (Lipinski definition) is 3. The van der Waals surface area contributed by atoms with Crippen LogP contribution in [0.15, 0.2) is 0 Å². The number of carboxylic acids is 1. The molecule has 1 aliphatic heterocycles. The zero-order chi connectivity index (χ0) is 12.1. The molecule has 1 saturated heterocycles. The minimum Gasteiger partial charge on any atom is -0.481 e. The van der Waals surface area contributed by atoms with E-state index in [9.17, 15) is 14.4 Å². The molecule has 0 spiro atoms. The summed E-state index contributed by atoms with van der Waals surface area (Å²) in [6.07, 6.45) is 1.30. The van der Waals surface area contributed by atoms with Crippen LogP contribution >= 0.6 is 0 Å². The summed E-state index contributed by atoms with van der Waals surface area (Å²) in [5.74, 6) is -1.92. The normalized spacial score (nSPS) is 21.3. The molecule has 0 aliphatic carbocycles. The van der Waals surface area contributed by atoms with Crippen molar-refractivity contribution in [1.29, 1.82) is 0 Å². The number of amides is 2. The molecule has 0 aromatic rings. The smallest absolute Gasteiger partial charge is 0.308 e. The van der Waals surface area contributed by atoms with Gasteiger partial charge in [-0.05, 0) is 12.8 Å². The maximum absolute atomic E-state index is 11.5. The highest BCUT2D eigenvalue weighted by Crippen LogP contribution is 2.07. The fraction of sp³-hybridized carbons (Fsp3) is 0.700. The fourth-order valence-electron chi connectivity index (χ4n) is 1.56. The minimum atomic E-state index is -0.918. The second kappa shape index (κ2) is 5.48. The summed E-state index contributed by atoms with van der Waals surface area (Å²) >= 11 is 0. The summed E-state index contributed by atoms with van der Waals surface area (Å²) in [7, 11) is 0. The van der Waals surface area contributed by atoms with Gasteiger partial charge in [-0.1, -0.05) is 6.92 Å². The number of rotatable bonds is 5. The van der Waals surface area contributed by atoms with Gasteiger partial charge in [-0.15, -0.1) is 0 Å². The van der Waals surface area contributed by atoms with Gasteiger partial charge in [-0.2, -0.15) is 0 Å². The van der Waals surface area contributed by atoms with E-state index >= 15 is 0 Å². The Balaban J connectivity index is 2.34. The monoisotopic (exact) mass is 228 g/mol. The van der Waals surface area contributed by atoms with Crippen LogP contribution in [0.1, 0.15) is 26.2 Å². The molecule has 0 saturated carbocycles. The maximum atomic E-state index is 11.5. The Morgan fingerprint density at radius 1 is 1.62 bits per heavy atom. The van der Waals surface area contributed by atoms with Crippen molar-refractivity contribution >= 4 is 17.8 Å². The van der Waals surface area contributed by atoms with Gasteiger partial charge >= 0.3 is 5.97 Å². The summed E-state index contributed by atoms with van der Waals surface area (Å²) < 4.78 is 0. The third kappa shape index (κ3) is 3.22. The third-order valence-corrected chi connectivity index (χ3v) is 2.68. The summed E-state index contributed by atoms with van der Waals surface area (Å²) in [5, 5.41) is 13.8. The van der Waals surface area contributed by atoms with E-state index in [1.54, 1.807) is 6.92 Å². The number of hydrogen-bond donors (Lipinski definition) is 3. The first kappa shape index (κ1) is 12.5. The van der Waals surface area contributed by atoms with E-state index in [0.29, 0.717) is 19.3 Å². The molecule has 0 aromatic carbocycles. The van der Waals surface area contributed by atoms with Crippen LogP contribution in [-0.4, -0.2) is 35.5 Å². The van der Waals surface area contributed by atoms with Crippen LogP contribution in [0.2, 0.25) is 0 Å². The van der Waals surface area contributed by atoms with Crippen molar-refractivity contribution in [2.45, 2.75) is 32.2 Å². The van der Waals surface area contributed by atoms with Crippen molar-refractivity contribution in [3.63, 3.8) is 0 Å². The quantitative estimate of drug-likeness (QED) is 0.590. The number of carbonyl (C=O) groups is 3. The Labute approximate surface area is 93.4 Å². The first-order valence-electron chi connectivity index (χ1n) is 5.34. The van der Waals surface area contributed by atoms with Gasteiger partial charge in [0.2, 0.25) is 11.8 Å². The Hall–Kier alpha value is -1.59. The molecule has 6 nitrogen and oxygen atoms in total. The molecule has 6 heteroatoms. The van der Waals surface area contributed by atoms with Gasteiger partial charge in [-0.25, -0.2) is 0 Å². The van der Waals surface area contributed by atoms with Crippen molar-refractivity contribution in [3.8, 4) is 0 Å². The summed E-state index contributed by atoms with van der Waals surface area (Å²) in [4.78, 5) is 33.1. The Morgan fingerprint density at radius 2 is 2.31 bits per heavy atom. The van der Waals surface area contributed by atoms with Crippen LogP contribution in [0.4, 0.5) is 0 Å². The van der Waals surface area contributed by atoms with Crippen molar-refractivity contribution < 1.29 is 19.5 Å². The summed E-state index contributed by atoms with van der Waals surface area (Å²) in [6.45, 7) is 1.86. The molecule has 3 N–H and O–H groups in total. The Kier molecular flexibility index (Phi) is 4.28. The lowest BCUT2D eigenvalue weighted by atomic mass is 10.1. The molecule has 90 valence electrons. The van der Waals surface area contributed by atoms with Gasteiger partial charge in [0.25, 0.3) is 0 Å². The zero-order valence-corrected chi connectivity index (χ0v) is 9.16. The first-order valence-corrected chi connectivity index (χ1v) is 5.34. The lowest BCUT2D eigenvalue weighted by molar-refractivity contribution is -0.141. The predicted octanol–water partition coefficient (Wildman–Crippen LogP) is -0.508. The second-order valence-corrected chi connectivity index (χ2v) is 3.85. The van der Waals surface area contributed by atoms with Gasteiger partial charge in [0, 0.05) is 13.0 Å². The van der Waals surface area contributed by atoms with Crippen LogP contribution in [0.3, 0.4) is 0 Å². The lowest BCUT2D eigenvalue weighted by Gasteiger charge is -2.14. The van der Waals surface area contributed by atoms with E-state index in [2.05, 4.69) is 10.6 Å². The summed E-state index contributed by atoms with van der Waals surface area (Å²) in [6, 6.07) is -0.501. The Morgan fingerprint density at radius 3 is 2.75 bits per heavy atom. The van der Waals surface area contributed by atoms with Gasteiger partial charge in [0.1, 0.15) is 6.04 Å². The van der Waals surface area contributed by atoms with Gasteiger partial charge in [0.15, 0.2) is 0 Å². The average molecular weight is 228 g/mol. The average Bonchev–Trinajstić information content (AvgIpc) is 2.65. The standard InChI is InChI=1S/C10H16N2O4/c1-2-6(10(15)16)5-11-9(14)7-3-4-8(13)12-7/h6-7H,2-5H2,1H3,(H,11,14)(H,12,13)(H,15,16)/t6?,7-/m1/s1. The fourth-order valence-corrected chi connectivity index (χ4v) is 1.56. The highest BCUT2D eigenvalue weighted by Gasteiger charge is 2.27. The van der Waals surface area contributed by atoms with Crippen LogP contribution < -0.4 is 10.6 Å². The molecular weight excluding hydrogens is 212 g/mol. The minimum absolute atomic E-state index is 0.108. The first-order chi connectivity index (χ1) is 7.54. The molecule has 0 bridgehead atoms.